The summed E-state index contributed by atoms with van der Waals surface area (Å²) >= 11 is 0. The van der Waals surface area contributed by atoms with E-state index in [-0.39, 0.29) is 37.0 Å². The van der Waals surface area contributed by atoms with Crippen molar-refractivity contribution in [3.05, 3.63) is 72.0 Å². The molecule has 1 aromatic heterocycles. The Morgan fingerprint density at radius 3 is 2.20 bits per heavy atom. The van der Waals surface area contributed by atoms with Crippen molar-refractivity contribution >= 4 is 29.5 Å². The third-order valence-electron chi connectivity index (χ3n) is 8.30. The van der Waals surface area contributed by atoms with E-state index in [9.17, 15) is 24.0 Å². The Bertz CT molecular complexity index is 1610. The Morgan fingerprint density at radius 1 is 0.898 bits per heavy atom. The molecule has 0 bridgehead atoms. The van der Waals surface area contributed by atoms with Crippen molar-refractivity contribution in [2.45, 2.75) is 71.6 Å². The van der Waals surface area contributed by atoms with Crippen LogP contribution in [0.4, 0.5) is 0 Å². The Hall–Kier alpha value is -5.20. The highest BCUT2D eigenvalue weighted by atomic mass is 16.5. The fraction of sp³-hybridized carbons (Fsp3) is 0.444. The number of aromatic nitrogens is 1. The number of nitrogens with one attached hydrogen (secondary N) is 4. The second-order valence-corrected chi connectivity index (χ2v) is 13.1. The van der Waals surface area contributed by atoms with Crippen molar-refractivity contribution in [1.82, 2.24) is 31.3 Å². The van der Waals surface area contributed by atoms with Gasteiger partial charge < -0.3 is 35.4 Å². The molecule has 0 aliphatic carbocycles. The molecular formula is C36H46N6O7. The van der Waals surface area contributed by atoms with Crippen LogP contribution in [0, 0.1) is 11.8 Å². The van der Waals surface area contributed by atoms with Crippen LogP contribution in [-0.2, 0) is 25.6 Å². The van der Waals surface area contributed by atoms with Crippen molar-refractivity contribution < 1.29 is 33.2 Å². The Morgan fingerprint density at radius 2 is 1.57 bits per heavy atom. The smallest absolute Gasteiger partial charge is 0.293 e. The Balaban J connectivity index is 1.66. The summed E-state index contributed by atoms with van der Waals surface area (Å²) in [5.74, 6) is -2.44. The first-order valence-corrected chi connectivity index (χ1v) is 16.5. The maximum Gasteiger partial charge on any atom is 0.293 e. The molecule has 13 nitrogen and oxygen atoms in total. The summed E-state index contributed by atoms with van der Waals surface area (Å²) in [6.45, 7) is 8.63. The van der Waals surface area contributed by atoms with E-state index in [4.69, 9.17) is 9.26 Å². The normalized spacial score (nSPS) is 21.3. The van der Waals surface area contributed by atoms with Crippen molar-refractivity contribution in [2.75, 3.05) is 20.2 Å². The minimum Gasteiger partial charge on any atom is -0.497 e. The van der Waals surface area contributed by atoms with Crippen LogP contribution in [0.25, 0.3) is 11.3 Å². The zero-order valence-electron chi connectivity index (χ0n) is 28.8. The highest BCUT2D eigenvalue weighted by Gasteiger charge is 2.33. The average molecular weight is 675 g/mol. The van der Waals surface area contributed by atoms with E-state index in [0.717, 1.165) is 11.1 Å². The van der Waals surface area contributed by atoms with E-state index in [1.165, 1.54) is 11.0 Å². The molecule has 0 spiro atoms. The summed E-state index contributed by atoms with van der Waals surface area (Å²) in [6, 6.07) is 14.1. The van der Waals surface area contributed by atoms with Gasteiger partial charge in [0.05, 0.1) is 7.11 Å². The first-order valence-electron chi connectivity index (χ1n) is 16.5. The van der Waals surface area contributed by atoms with Gasteiger partial charge in [-0.25, -0.2) is 0 Å². The topological polar surface area (TPSA) is 172 Å². The highest BCUT2D eigenvalue weighted by Crippen LogP contribution is 2.20. The fourth-order valence-electron chi connectivity index (χ4n) is 5.44. The van der Waals surface area contributed by atoms with Crippen LogP contribution in [0.1, 0.15) is 57.2 Å². The number of carbonyl (C=O) groups is 5. The molecule has 5 amide bonds. The van der Waals surface area contributed by atoms with Crippen LogP contribution in [0.3, 0.4) is 0 Å². The van der Waals surface area contributed by atoms with E-state index >= 15 is 0 Å². The lowest BCUT2D eigenvalue weighted by molar-refractivity contribution is -0.133. The molecule has 0 saturated carbocycles. The largest absolute Gasteiger partial charge is 0.497 e. The van der Waals surface area contributed by atoms with Gasteiger partial charge in [-0.1, -0.05) is 75.3 Å². The van der Waals surface area contributed by atoms with E-state index in [2.05, 4.69) is 26.4 Å². The molecule has 3 aromatic rings. The molecule has 4 atom stereocenters. The van der Waals surface area contributed by atoms with Gasteiger partial charge in [-0.15, -0.1) is 0 Å². The van der Waals surface area contributed by atoms with Crippen LogP contribution >= 0.6 is 0 Å². The lowest BCUT2D eigenvalue weighted by Crippen LogP contribution is -2.57. The van der Waals surface area contributed by atoms with Crippen LogP contribution in [-0.4, -0.2) is 84.0 Å². The molecule has 0 radical (unpaired) electrons. The van der Waals surface area contributed by atoms with Gasteiger partial charge >= 0.3 is 0 Å². The predicted octanol–water partition coefficient (Wildman–Crippen LogP) is 2.71. The first-order chi connectivity index (χ1) is 23.3. The van der Waals surface area contributed by atoms with E-state index in [1.54, 1.807) is 38.3 Å². The minimum absolute atomic E-state index is 0.00231. The van der Waals surface area contributed by atoms with E-state index in [0.29, 0.717) is 11.4 Å². The maximum absolute atomic E-state index is 13.9. The van der Waals surface area contributed by atoms with Gasteiger partial charge in [0.15, 0.2) is 0 Å². The third-order valence-corrected chi connectivity index (χ3v) is 8.30. The van der Waals surface area contributed by atoms with Gasteiger partial charge in [0.25, 0.3) is 5.91 Å². The van der Waals surface area contributed by atoms with Crippen molar-refractivity contribution in [3.63, 3.8) is 0 Å². The number of nitrogens with zero attached hydrogens (tertiary/aromatic N) is 2. The summed E-state index contributed by atoms with van der Waals surface area (Å²) < 4.78 is 10.7. The van der Waals surface area contributed by atoms with Crippen LogP contribution < -0.4 is 26.0 Å². The van der Waals surface area contributed by atoms with E-state index < -0.39 is 60.2 Å². The monoisotopic (exact) mass is 674 g/mol. The van der Waals surface area contributed by atoms with E-state index in [1.807, 2.05) is 58.0 Å². The number of hydrogen-bond donors (Lipinski definition) is 4. The molecule has 2 aromatic carbocycles. The Labute approximate surface area is 286 Å². The molecule has 4 N–H and O–H groups in total. The Kier molecular flexibility index (Phi) is 12.5. The molecule has 262 valence electrons. The summed E-state index contributed by atoms with van der Waals surface area (Å²) in [5, 5.41) is 15.3. The number of carbonyl (C=O) groups excluding carboxylic acids is 5. The molecule has 1 aliphatic rings. The first kappa shape index (κ1) is 36.6. The van der Waals surface area contributed by atoms with Gasteiger partial charge in [0.1, 0.15) is 36.1 Å². The SMILES string of the molecule is COc1ccc(C[C@@H]2NC(=O)[C@H](CC(C)C)NC(=O)CN(C(=O)c3cc(-c4ccccc4)no3)C[C@H](C(C)C)NC(=O)[C@@H](C)NC2=O)cc1. The van der Waals surface area contributed by atoms with Crippen LogP contribution in [0.2, 0.25) is 0 Å². The van der Waals surface area contributed by atoms with Gasteiger partial charge in [0.2, 0.25) is 29.4 Å². The molecular weight excluding hydrogens is 628 g/mol. The van der Waals surface area contributed by atoms with Crippen LogP contribution in [0.5, 0.6) is 5.75 Å². The molecule has 1 fully saturated rings. The summed E-state index contributed by atoms with van der Waals surface area (Å²) in [6.07, 6.45) is 0.396. The number of amides is 5. The minimum atomic E-state index is -1.06. The molecule has 0 unspecified atom stereocenters. The van der Waals surface area contributed by atoms with Gasteiger partial charge in [0, 0.05) is 30.6 Å². The quantitative estimate of drug-likeness (QED) is 0.283. The second-order valence-electron chi connectivity index (χ2n) is 13.1. The summed E-state index contributed by atoms with van der Waals surface area (Å²) in [7, 11) is 1.55. The molecule has 4 rings (SSSR count). The summed E-state index contributed by atoms with van der Waals surface area (Å²) in [5.41, 5.74) is 1.94. The van der Waals surface area contributed by atoms with Gasteiger partial charge in [-0.3, -0.25) is 24.0 Å². The number of rotatable bonds is 8. The molecule has 2 heterocycles. The maximum atomic E-state index is 13.9. The molecule has 1 aliphatic heterocycles. The standard InChI is InChI=1S/C36H46N6O7/c1-21(2)16-28-35(46)39-29(17-24-12-14-26(48-6)15-13-24)34(45)37-23(5)33(44)40-30(22(3)4)19-42(20-32(43)38-28)36(47)31-18-27(41-49-31)25-10-8-7-9-11-25/h7-15,18,21-23,28-30H,16-17,19-20H2,1-6H3,(H,37,45)(H,38,43)(H,39,46)(H,40,44)/t23-,28+,29+,30-/m1/s1. The van der Waals surface area contributed by atoms with Crippen molar-refractivity contribution in [3.8, 4) is 17.0 Å². The summed E-state index contributed by atoms with van der Waals surface area (Å²) in [4.78, 5) is 69.5. The van der Waals surface area contributed by atoms with Crippen LogP contribution in [0.15, 0.2) is 65.2 Å². The van der Waals surface area contributed by atoms with Crippen molar-refractivity contribution in [1.29, 1.82) is 0 Å². The lowest BCUT2D eigenvalue weighted by Gasteiger charge is -2.30. The predicted molar refractivity (Wildman–Crippen MR) is 182 cm³/mol. The third kappa shape index (κ3) is 10.1. The molecule has 49 heavy (non-hydrogen) atoms. The fourth-order valence-corrected chi connectivity index (χ4v) is 5.44. The van der Waals surface area contributed by atoms with Gasteiger partial charge in [-0.05, 0) is 42.9 Å². The highest BCUT2D eigenvalue weighted by molar-refractivity contribution is 5.97. The lowest BCUT2D eigenvalue weighted by atomic mass is 10.0. The molecule has 13 heteroatoms. The van der Waals surface area contributed by atoms with Crippen molar-refractivity contribution in [2.24, 2.45) is 11.8 Å². The zero-order valence-corrected chi connectivity index (χ0v) is 28.8. The average Bonchev–Trinajstić information content (AvgIpc) is 3.57. The number of ether oxygens (including phenoxy) is 1. The molecule has 1 saturated heterocycles. The number of benzene rings is 2. The zero-order chi connectivity index (χ0) is 35.7. The number of methoxy groups -OCH3 is 1. The number of hydrogen-bond acceptors (Lipinski definition) is 8. The second kappa shape index (κ2) is 16.8. The van der Waals surface area contributed by atoms with Gasteiger partial charge in [-0.2, -0.15) is 0 Å².